The van der Waals surface area contributed by atoms with Gasteiger partial charge in [0, 0.05) is 66.1 Å². The summed E-state index contributed by atoms with van der Waals surface area (Å²) in [5, 5.41) is 12.0. The fourth-order valence-corrected chi connectivity index (χ4v) is 11.5. The van der Waals surface area contributed by atoms with E-state index in [1.807, 2.05) is 0 Å². The summed E-state index contributed by atoms with van der Waals surface area (Å²) in [5.74, 6) is 0.656. The molecule has 0 amide bonds. The average molecular weight is 904 g/mol. The molecule has 5 nitrogen and oxygen atoms in total. The molecule has 0 aliphatic rings. The van der Waals surface area contributed by atoms with Crippen molar-refractivity contribution in [1.82, 2.24) is 23.7 Å². The molecule has 71 heavy (non-hydrogen) atoms. The number of rotatable bonds is 6. The monoisotopic (exact) mass is 903 g/mol. The third kappa shape index (κ3) is 6.06. The normalized spacial score (nSPS) is 11.9. The van der Waals surface area contributed by atoms with Crippen molar-refractivity contribution in [2.45, 2.75) is 0 Å². The molecule has 0 unspecified atom stereocenters. The molecule has 4 heterocycles. The standard InChI is InChI=1S/C66H41N5/c1-3-19-49-43(17-1)37-44-18-2-4-20-50(44)65(49)58-41-57(67-66(68-58)42-33-35-46(36-34-42)69-59-27-11-5-21-51(59)52-22-6-12-28-60(52)69)45-38-47(70-61-29-13-7-23-53(61)54-24-8-14-30-62(54)70)40-48(39-45)71-63-31-15-9-25-55(63)56-26-10-16-32-64(56)71/h1-41H. The summed E-state index contributed by atoms with van der Waals surface area (Å²) in [6.45, 7) is 0. The number of hydrogen-bond acceptors (Lipinski definition) is 2. The van der Waals surface area contributed by atoms with Crippen molar-refractivity contribution in [2.75, 3.05) is 0 Å². The van der Waals surface area contributed by atoms with E-state index in [0.29, 0.717) is 5.82 Å². The highest BCUT2D eigenvalue weighted by molar-refractivity contribution is 6.14. The van der Waals surface area contributed by atoms with Gasteiger partial charge >= 0.3 is 0 Å². The van der Waals surface area contributed by atoms with Crippen LogP contribution in [0.2, 0.25) is 0 Å². The van der Waals surface area contributed by atoms with E-state index in [9.17, 15) is 0 Å². The topological polar surface area (TPSA) is 40.6 Å². The van der Waals surface area contributed by atoms with Crippen LogP contribution in [0.4, 0.5) is 0 Å². The zero-order chi connectivity index (χ0) is 46.6. The highest BCUT2D eigenvalue weighted by Crippen LogP contribution is 2.41. The highest BCUT2D eigenvalue weighted by atomic mass is 15.0. The van der Waals surface area contributed by atoms with Crippen molar-refractivity contribution in [1.29, 1.82) is 0 Å². The van der Waals surface area contributed by atoms with E-state index < -0.39 is 0 Å². The molecule has 15 rings (SSSR count). The minimum Gasteiger partial charge on any atom is -0.309 e. The van der Waals surface area contributed by atoms with Gasteiger partial charge in [0.1, 0.15) is 0 Å². The van der Waals surface area contributed by atoms with Crippen LogP contribution in [-0.4, -0.2) is 23.7 Å². The number of fused-ring (bicyclic) bond motifs is 11. The van der Waals surface area contributed by atoms with Gasteiger partial charge in [0.15, 0.2) is 5.82 Å². The van der Waals surface area contributed by atoms with Crippen molar-refractivity contribution in [3.05, 3.63) is 249 Å². The van der Waals surface area contributed by atoms with E-state index >= 15 is 0 Å². The molecule has 0 radical (unpaired) electrons. The number of nitrogens with zero attached hydrogens (tertiary/aromatic N) is 5. The van der Waals surface area contributed by atoms with Gasteiger partial charge in [0.05, 0.1) is 44.5 Å². The average Bonchev–Trinajstić information content (AvgIpc) is 4.08. The second-order valence-corrected chi connectivity index (χ2v) is 18.5. The number of benzene rings is 11. The van der Waals surface area contributed by atoms with Crippen molar-refractivity contribution in [2.24, 2.45) is 0 Å². The molecule has 15 aromatic rings. The Morgan fingerprint density at radius 3 is 0.986 bits per heavy atom. The van der Waals surface area contributed by atoms with Gasteiger partial charge in [0.25, 0.3) is 0 Å². The van der Waals surface area contributed by atoms with Crippen LogP contribution in [0.3, 0.4) is 0 Å². The Kier molecular flexibility index (Phi) is 8.59. The summed E-state index contributed by atoms with van der Waals surface area (Å²) in [6, 6.07) is 89.9. The van der Waals surface area contributed by atoms with Crippen molar-refractivity contribution >= 4 is 87.0 Å². The van der Waals surface area contributed by atoms with Gasteiger partial charge in [-0.25, -0.2) is 9.97 Å². The predicted molar refractivity (Wildman–Crippen MR) is 296 cm³/mol. The summed E-state index contributed by atoms with van der Waals surface area (Å²) in [4.78, 5) is 11.2. The second kappa shape index (κ2) is 15.5. The van der Waals surface area contributed by atoms with Crippen molar-refractivity contribution < 1.29 is 0 Å². The summed E-state index contributed by atoms with van der Waals surface area (Å²) in [7, 11) is 0. The Bertz CT molecular complexity index is 4300. The number of para-hydroxylation sites is 6. The van der Waals surface area contributed by atoms with Crippen LogP contribution in [0.1, 0.15) is 0 Å². The van der Waals surface area contributed by atoms with E-state index in [1.54, 1.807) is 0 Å². The first-order valence-corrected chi connectivity index (χ1v) is 24.2. The van der Waals surface area contributed by atoms with E-state index in [1.165, 1.54) is 54.1 Å². The fourth-order valence-electron chi connectivity index (χ4n) is 11.5. The molecule has 4 aromatic heterocycles. The van der Waals surface area contributed by atoms with E-state index in [-0.39, 0.29) is 0 Å². The Hall–Kier alpha value is -9.58. The summed E-state index contributed by atoms with van der Waals surface area (Å²) in [5.41, 5.74) is 14.8. The largest absolute Gasteiger partial charge is 0.309 e. The van der Waals surface area contributed by atoms with Crippen molar-refractivity contribution in [3.8, 4) is 51.0 Å². The lowest BCUT2D eigenvalue weighted by Gasteiger charge is -2.17. The maximum Gasteiger partial charge on any atom is 0.160 e. The van der Waals surface area contributed by atoms with Crippen LogP contribution in [-0.2, 0) is 0 Å². The molecule has 0 bridgehead atoms. The lowest BCUT2D eigenvalue weighted by atomic mass is 9.94. The first-order valence-electron chi connectivity index (χ1n) is 24.2. The Labute approximate surface area is 408 Å². The van der Waals surface area contributed by atoms with Gasteiger partial charge < -0.3 is 13.7 Å². The van der Waals surface area contributed by atoms with Gasteiger partial charge in [-0.3, -0.25) is 0 Å². The van der Waals surface area contributed by atoms with Crippen LogP contribution < -0.4 is 0 Å². The summed E-state index contributed by atoms with van der Waals surface area (Å²) < 4.78 is 7.19. The first kappa shape index (κ1) is 39.4. The predicted octanol–water partition coefficient (Wildman–Crippen LogP) is 17.1. The highest BCUT2D eigenvalue weighted by Gasteiger charge is 2.21. The third-order valence-electron chi connectivity index (χ3n) is 14.6. The van der Waals surface area contributed by atoms with Gasteiger partial charge in [-0.05, 0) is 113 Å². The van der Waals surface area contributed by atoms with Crippen molar-refractivity contribution in [3.63, 3.8) is 0 Å². The fraction of sp³-hybridized carbons (Fsp3) is 0. The second-order valence-electron chi connectivity index (χ2n) is 18.5. The summed E-state index contributed by atoms with van der Waals surface area (Å²) in [6.07, 6.45) is 0. The molecule has 0 saturated carbocycles. The molecule has 0 fully saturated rings. The summed E-state index contributed by atoms with van der Waals surface area (Å²) >= 11 is 0. The quantitative estimate of drug-likeness (QED) is 0.156. The van der Waals surface area contributed by atoms with Crippen LogP contribution in [0, 0.1) is 0 Å². The third-order valence-corrected chi connectivity index (χ3v) is 14.6. The zero-order valence-electron chi connectivity index (χ0n) is 38.4. The molecular formula is C66H41N5. The molecule has 5 heteroatoms. The van der Waals surface area contributed by atoms with Gasteiger partial charge in [-0.15, -0.1) is 0 Å². The van der Waals surface area contributed by atoms with Gasteiger partial charge in [-0.2, -0.15) is 0 Å². The molecule has 0 atom stereocenters. The van der Waals surface area contributed by atoms with E-state index in [4.69, 9.17) is 9.97 Å². The molecule has 0 spiro atoms. The maximum absolute atomic E-state index is 5.61. The Balaban J connectivity index is 1.02. The number of aromatic nitrogens is 5. The molecular weight excluding hydrogens is 863 g/mol. The van der Waals surface area contributed by atoms with Crippen LogP contribution in [0.5, 0.6) is 0 Å². The zero-order valence-corrected chi connectivity index (χ0v) is 38.4. The van der Waals surface area contributed by atoms with Gasteiger partial charge in [-0.1, -0.05) is 158 Å². The van der Waals surface area contributed by atoms with Gasteiger partial charge in [0.2, 0.25) is 0 Å². The maximum atomic E-state index is 5.61. The van der Waals surface area contributed by atoms with E-state index in [2.05, 4.69) is 262 Å². The lowest BCUT2D eigenvalue weighted by molar-refractivity contribution is 1.13. The smallest absolute Gasteiger partial charge is 0.160 e. The SMILES string of the molecule is c1ccc2c(-c3cc(-c4cc(-n5c6ccccc6c6ccccc65)cc(-n5c6ccccc6c6ccccc65)c4)nc(-c4ccc(-n5c6ccccc6c6ccccc65)cc4)n3)c3ccccc3cc2c1. The minimum absolute atomic E-state index is 0.656. The molecule has 330 valence electrons. The first-order chi connectivity index (χ1) is 35.2. The molecule has 0 aliphatic heterocycles. The Morgan fingerprint density at radius 1 is 0.239 bits per heavy atom. The van der Waals surface area contributed by atoms with Crippen LogP contribution in [0.15, 0.2) is 249 Å². The lowest BCUT2D eigenvalue weighted by Crippen LogP contribution is -2.02. The molecule has 11 aromatic carbocycles. The molecule has 0 aliphatic carbocycles. The van der Waals surface area contributed by atoms with Crippen LogP contribution in [0.25, 0.3) is 138 Å². The van der Waals surface area contributed by atoms with Crippen LogP contribution >= 0.6 is 0 Å². The minimum atomic E-state index is 0.656. The molecule has 0 N–H and O–H groups in total. The molecule has 0 saturated heterocycles. The Morgan fingerprint density at radius 2 is 0.577 bits per heavy atom. The van der Waals surface area contributed by atoms with E-state index in [0.717, 1.165) is 78.0 Å². The number of hydrogen-bond donors (Lipinski definition) is 0.